The summed E-state index contributed by atoms with van der Waals surface area (Å²) >= 11 is 0. The predicted octanol–water partition coefficient (Wildman–Crippen LogP) is 0.969. The van der Waals surface area contributed by atoms with Crippen LogP contribution in [0.2, 0.25) is 0 Å². The Morgan fingerprint density at radius 1 is 1.20 bits per heavy atom. The van der Waals surface area contributed by atoms with E-state index in [0.29, 0.717) is 12.3 Å². The van der Waals surface area contributed by atoms with Crippen molar-refractivity contribution in [2.24, 2.45) is 11.8 Å². The average molecular weight is 237 g/mol. The summed E-state index contributed by atoms with van der Waals surface area (Å²) in [6, 6.07) is -0.373. The third-order valence-electron chi connectivity index (χ3n) is 2.30. The Kier molecular flexibility index (Phi) is 6.40. The highest BCUT2D eigenvalue weighted by molar-refractivity contribution is 7.89. The molecule has 0 heterocycles. The minimum atomic E-state index is -3.24. The van der Waals surface area contributed by atoms with E-state index < -0.39 is 10.0 Å². The van der Waals surface area contributed by atoms with Gasteiger partial charge in [0.15, 0.2) is 0 Å². The maximum atomic E-state index is 11.6. The molecule has 2 N–H and O–H groups in total. The van der Waals surface area contributed by atoms with Crippen LogP contribution in [0.15, 0.2) is 0 Å². The lowest BCUT2D eigenvalue weighted by atomic mass is 10.1. The first-order valence-corrected chi connectivity index (χ1v) is 7.04. The van der Waals surface area contributed by atoms with E-state index in [0.717, 1.165) is 0 Å². The van der Waals surface area contributed by atoms with Crippen LogP contribution in [0.1, 0.15) is 34.1 Å². The highest BCUT2D eigenvalue weighted by atomic mass is 32.2. The van der Waals surface area contributed by atoms with Gasteiger partial charge in [-0.2, -0.15) is 0 Å². The standard InChI is InChI=1S/C10H23NO3S/c1-8(2)5-6-15(13,14)11-10(7-12)9(3)4/h8-12H,5-7H2,1-4H3/t10-/m1/s1. The molecule has 5 heteroatoms. The number of aliphatic hydroxyl groups is 1. The lowest BCUT2D eigenvalue weighted by Crippen LogP contribution is -2.42. The number of rotatable bonds is 7. The van der Waals surface area contributed by atoms with Crippen LogP contribution in [0.4, 0.5) is 0 Å². The number of aliphatic hydroxyl groups excluding tert-OH is 1. The van der Waals surface area contributed by atoms with Crippen molar-refractivity contribution in [3.8, 4) is 0 Å². The van der Waals surface area contributed by atoms with Crippen LogP contribution in [0, 0.1) is 11.8 Å². The first kappa shape index (κ1) is 14.9. The van der Waals surface area contributed by atoms with Crippen LogP contribution in [-0.2, 0) is 10.0 Å². The Labute approximate surface area is 93.1 Å². The smallest absolute Gasteiger partial charge is 0.211 e. The lowest BCUT2D eigenvalue weighted by Gasteiger charge is -2.20. The van der Waals surface area contributed by atoms with Gasteiger partial charge in [0.2, 0.25) is 10.0 Å². The van der Waals surface area contributed by atoms with Crippen molar-refractivity contribution in [3.63, 3.8) is 0 Å². The fraction of sp³-hybridized carbons (Fsp3) is 1.00. The van der Waals surface area contributed by atoms with E-state index in [4.69, 9.17) is 5.11 Å². The maximum absolute atomic E-state index is 11.6. The fourth-order valence-electron chi connectivity index (χ4n) is 1.06. The molecule has 0 aliphatic heterocycles. The third-order valence-corrected chi connectivity index (χ3v) is 3.73. The molecule has 0 amide bonds. The highest BCUT2D eigenvalue weighted by Gasteiger charge is 2.19. The second-order valence-corrected chi connectivity index (χ2v) is 6.53. The van der Waals surface area contributed by atoms with E-state index in [1.54, 1.807) is 0 Å². The Bertz CT molecular complexity index is 260. The van der Waals surface area contributed by atoms with Gasteiger partial charge in [0.1, 0.15) is 0 Å². The van der Waals surface area contributed by atoms with Gasteiger partial charge in [-0.05, 0) is 18.3 Å². The largest absolute Gasteiger partial charge is 0.395 e. The van der Waals surface area contributed by atoms with Crippen LogP contribution >= 0.6 is 0 Å². The van der Waals surface area contributed by atoms with Gasteiger partial charge in [0.05, 0.1) is 12.4 Å². The molecule has 0 aliphatic carbocycles. The van der Waals surface area contributed by atoms with Crippen molar-refractivity contribution in [2.45, 2.75) is 40.2 Å². The molecule has 0 aromatic rings. The zero-order chi connectivity index (χ0) is 12.1. The molecule has 15 heavy (non-hydrogen) atoms. The van der Waals surface area contributed by atoms with Gasteiger partial charge in [-0.25, -0.2) is 13.1 Å². The summed E-state index contributed by atoms with van der Waals surface area (Å²) in [5, 5.41) is 9.01. The van der Waals surface area contributed by atoms with E-state index >= 15 is 0 Å². The van der Waals surface area contributed by atoms with E-state index in [-0.39, 0.29) is 24.3 Å². The molecule has 0 fully saturated rings. The Hall–Kier alpha value is -0.130. The predicted molar refractivity (Wildman–Crippen MR) is 62.1 cm³/mol. The molecule has 0 saturated carbocycles. The molecule has 0 aromatic carbocycles. The Balaban J connectivity index is 4.23. The second kappa shape index (κ2) is 6.45. The van der Waals surface area contributed by atoms with Gasteiger partial charge >= 0.3 is 0 Å². The molecule has 1 atom stereocenters. The molecule has 0 bridgehead atoms. The summed E-state index contributed by atoms with van der Waals surface area (Å²) in [6.45, 7) is 7.58. The van der Waals surface area contributed by atoms with E-state index in [1.807, 2.05) is 27.7 Å². The van der Waals surface area contributed by atoms with Gasteiger partial charge in [-0.15, -0.1) is 0 Å². The van der Waals surface area contributed by atoms with Crippen molar-refractivity contribution in [1.82, 2.24) is 4.72 Å². The lowest BCUT2D eigenvalue weighted by molar-refractivity contribution is 0.227. The molecule has 4 nitrogen and oxygen atoms in total. The van der Waals surface area contributed by atoms with Crippen molar-refractivity contribution >= 4 is 10.0 Å². The van der Waals surface area contributed by atoms with Gasteiger partial charge in [-0.3, -0.25) is 0 Å². The topological polar surface area (TPSA) is 66.4 Å². The molecule has 0 aliphatic rings. The molecule has 0 saturated heterocycles. The molecule has 0 rings (SSSR count). The van der Waals surface area contributed by atoms with Crippen molar-refractivity contribution in [1.29, 1.82) is 0 Å². The van der Waals surface area contributed by atoms with Crippen molar-refractivity contribution in [2.75, 3.05) is 12.4 Å². The zero-order valence-corrected chi connectivity index (χ0v) is 10.8. The SMILES string of the molecule is CC(C)CCS(=O)(=O)N[C@H](CO)C(C)C. The van der Waals surface area contributed by atoms with E-state index in [2.05, 4.69) is 4.72 Å². The Morgan fingerprint density at radius 3 is 2.07 bits per heavy atom. The third kappa shape index (κ3) is 6.87. The van der Waals surface area contributed by atoms with Crippen LogP contribution < -0.4 is 4.72 Å². The summed E-state index contributed by atoms with van der Waals surface area (Å²) in [5.41, 5.74) is 0. The monoisotopic (exact) mass is 237 g/mol. The molecule has 92 valence electrons. The van der Waals surface area contributed by atoms with Crippen molar-refractivity contribution < 1.29 is 13.5 Å². The van der Waals surface area contributed by atoms with Gasteiger partial charge in [0, 0.05) is 6.04 Å². The number of hydrogen-bond acceptors (Lipinski definition) is 3. The minimum Gasteiger partial charge on any atom is -0.395 e. The highest BCUT2D eigenvalue weighted by Crippen LogP contribution is 2.06. The van der Waals surface area contributed by atoms with E-state index in [9.17, 15) is 8.42 Å². The Morgan fingerprint density at radius 2 is 1.73 bits per heavy atom. The van der Waals surface area contributed by atoms with Crippen LogP contribution in [0.5, 0.6) is 0 Å². The van der Waals surface area contributed by atoms with E-state index in [1.165, 1.54) is 0 Å². The molecule has 0 spiro atoms. The zero-order valence-electron chi connectivity index (χ0n) is 10.0. The average Bonchev–Trinajstić information content (AvgIpc) is 2.11. The minimum absolute atomic E-state index is 0.101. The summed E-state index contributed by atoms with van der Waals surface area (Å²) in [5.74, 6) is 0.602. The van der Waals surface area contributed by atoms with Gasteiger partial charge < -0.3 is 5.11 Å². The first-order chi connectivity index (χ1) is 6.78. The van der Waals surface area contributed by atoms with Gasteiger partial charge in [-0.1, -0.05) is 27.7 Å². The summed E-state index contributed by atoms with van der Waals surface area (Å²) < 4.78 is 25.7. The molecular formula is C10H23NO3S. The van der Waals surface area contributed by atoms with Gasteiger partial charge in [0.25, 0.3) is 0 Å². The number of sulfonamides is 1. The van der Waals surface area contributed by atoms with Crippen LogP contribution in [0.25, 0.3) is 0 Å². The number of nitrogens with one attached hydrogen (secondary N) is 1. The number of hydrogen-bond donors (Lipinski definition) is 2. The molecule has 0 aromatic heterocycles. The first-order valence-electron chi connectivity index (χ1n) is 5.39. The summed E-state index contributed by atoms with van der Waals surface area (Å²) in [6.07, 6.45) is 0.644. The maximum Gasteiger partial charge on any atom is 0.211 e. The quantitative estimate of drug-likeness (QED) is 0.693. The normalized spacial score (nSPS) is 14.9. The van der Waals surface area contributed by atoms with Crippen LogP contribution in [-0.4, -0.2) is 31.9 Å². The fourth-order valence-corrected chi connectivity index (χ4v) is 2.77. The molecule has 0 radical (unpaired) electrons. The van der Waals surface area contributed by atoms with Crippen molar-refractivity contribution in [3.05, 3.63) is 0 Å². The summed E-state index contributed by atoms with van der Waals surface area (Å²) in [4.78, 5) is 0. The second-order valence-electron chi connectivity index (χ2n) is 4.65. The van der Waals surface area contributed by atoms with Crippen LogP contribution in [0.3, 0.4) is 0 Å². The molecular weight excluding hydrogens is 214 g/mol. The molecule has 0 unspecified atom stereocenters. The summed E-state index contributed by atoms with van der Waals surface area (Å²) in [7, 11) is -3.24.